The van der Waals surface area contributed by atoms with Gasteiger partial charge in [0.2, 0.25) is 5.28 Å². The van der Waals surface area contributed by atoms with E-state index in [1.165, 1.54) is 4.57 Å². The maximum absolute atomic E-state index is 12.7. The summed E-state index contributed by atoms with van der Waals surface area (Å²) >= 11 is 6.19. The highest BCUT2D eigenvalue weighted by molar-refractivity contribution is 6.29. The molecular weight excluding hydrogens is 288 g/mol. The first kappa shape index (κ1) is 13.6. The number of hydrogen-bond donors (Lipinski definition) is 0. The zero-order chi connectivity index (χ0) is 15.0. The van der Waals surface area contributed by atoms with Crippen LogP contribution in [0.1, 0.15) is 5.56 Å². The highest BCUT2D eigenvalue weighted by Crippen LogP contribution is 2.20. The number of halogens is 1. The molecule has 5 heteroatoms. The summed E-state index contributed by atoms with van der Waals surface area (Å²) in [6, 6.07) is 12.7. The van der Waals surface area contributed by atoms with Gasteiger partial charge in [-0.2, -0.15) is 0 Å². The zero-order valence-electron chi connectivity index (χ0n) is 11.6. The molecule has 0 N–H and O–H groups in total. The number of aryl methyl sites for hydroxylation is 1. The molecular formula is C16H13ClN2O2. The largest absolute Gasteiger partial charge is 0.497 e. The van der Waals surface area contributed by atoms with E-state index < -0.39 is 0 Å². The van der Waals surface area contributed by atoms with Crippen molar-refractivity contribution in [2.24, 2.45) is 0 Å². The average Bonchev–Trinajstić information content (AvgIpc) is 2.48. The first-order valence-corrected chi connectivity index (χ1v) is 6.81. The molecule has 0 saturated heterocycles. The predicted molar refractivity (Wildman–Crippen MR) is 83.6 cm³/mol. The zero-order valence-corrected chi connectivity index (χ0v) is 12.4. The molecule has 0 aliphatic heterocycles. The van der Waals surface area contributed by atoms with E-state index in [-0.39, 0.29) is 10.8 Å². The average molecular weight is 301 g/mol. The second-order valence-electron chi connectivity index (χ2n) is 4.74. The molecule has 0 atom stereocenters. The lowest BCUT2D eigenvalue weighted by atomic mass is 10.1. The van der Waals surface area contributed by atoms with Gasteiger partial charge < -0.3 is 4.74 Å². The fraction of sp³-hybridized carbons (Fsp3) is 0.125. The Kier molecular flexibility index (Phi) is 3.39. The van der Waals surface area contributed by atoms with Crippen molar-refractivity contribution in [2.45, 2.75) is 6.92 Å². The summed E-state index contributed by atoms with van der Waals surface area (Å²) in [6.45, 7) is 1.93. The number of rotatable bonds is 2. The summed E-state index contributed by atoms with van der Waals surface area (Å²) in [4.78, 5) is 17.0. The minimum atomic E-state index is -0.193. The Morgan fingerprint density at radius 3 is 2.76 bits per heavy atom. The Morgan fingerprint density at radius 1 is 1.19 bits per heavy atom. The Labute approximate surface area is 126 Å². The SMILES string of the molecule is COc1cccc(-n2c(Cl)nc3ccc(C)cc3c2=O)c1. The van der Waals surface area contributed by atoms with Crippen molar-refractivity contribution in [3.05, 3.63) is 63.7 Å². The van der Waals surface area contributed by atoms with E-state index in [9.17, 15) is 4.79 Å². The van der Waals surface area contributed by atoms with Crippen molar-refractivity contribution >= 4 is 22.5 Å². The third-order valence-corrected chi connectivity index (χ3v) is 3.55. The summed E-state index contributed by atoms with van der Waals surface area (Å²) in [7, 11) is 1.57. The van der Waals surface area contributed by atoms with Crippen LogP contribution < -0.4 is 10.3 Å². The van der Waals surface area contributed by atoms with Gasteiger partial charge in [0, 0.05) is 6.07 Å². The van der Waals surface area contributed by atoms with Crippen LogP contribution in [-0.4, -0.2) is 16.7 Å². The lowest BCUT2D eigenvalue weighted by molar-refractivity contribution is 0.414. The number of nitrogens with zero attached hydrogens (tertiary/aromatic N) is 2. The molecule has 0 aliphatic rings. The van der Waals surface area contributed by atoms with Gasteiger partial charge in [0.05, 0.1) is 23.7 Å². The summed E-state index contributed by atoms with van der Waals surface area (Å²) in [5, 5.41) is 0.673. The quantitative estimate of drug-likeness (QED) is 0.682. The second kappa shape index (κ2) is 5.22. The molecule has 4 nitrogen and oxygen atoms in total. The first-order valence-electron chi connectivity index (χ1n) is 6.43. The van der Waals surface area contributed by atoms with Gasteiger partial charge in [-0.3, -0.25) is 9.36 Å². The lowest BCUT2D eigenvalue weighted by Crippen LogP contribution is -2.20. The Hall–Kier alpha value is -2.33. The van der Waals surface area contributed by atoms with Crippen LogP contribution in [0.2, 0.25) is 5.28 Å². The van der Waals surface area contributed by atoms with E-state index in [0.717, 1.165) is 5.56 Å². The molecule has 21 heavy (non-hydrogen) atoms. The van der Waals surface area contributed by atoms with Crippen LogP contribution in [0.15, 0.2) is 47.3 Å². The molecule has 1 heterocycles. The van der Waals surface area contributed by atoms with Crippen LogP contribution in [0, 0.1) is 6.92 Å². The number of benzene rings is 2. The van der Waals surface area contributed by atoms with Gasteiger partial charge in [-0.05, 0) is 42.8 Å². The van der Waals surface area contributed by atoms with Crippen LogP contribution in [-0.2, 0) is 0 Å². The molecule has 0 radical (unpaired) electrons. The molecule has 3 rings (SSSR count). The van der Waals surface area contributed by atoms with Crippen molar-refractivity contribution < 1.29 is 4.74 Å². The van der Waals surface area contributed by atoms with Gasteiger partial charge in [0.25, 0.3) is 5.56 Å². The number of hydrogen-bond acceptors (Lipinski definition) is 3. The van der Waals surface area contributed by atoms with E-state index in [1.54, 1.807) is 37.4 Å². The Bertz CT molecular complexity index is 887. The van der Waals surface area contributed by atoms with Gasteiger partial charge in [0.1, 0.15) is 5.75 Å². The minimum Gasteiger partial charge on any atom is -0.497 e. The van der Waals surface area contributed by atoms with Gasteiger partial charge in [-0.1, -0.05) is 17.7 Å². The molecule has 106 valence electrons. The molecule has 0 aliphatic carbocycles. The molecule has 0 bridgehead atoms. The molecule has 0 fully saturated rings. The van der Waals surface area contributed by atoms with E-state index in [4.69, 9.17) is 16.3 Å². The fourth-order valence-corrected chi connectivity index (χ4v) is 2.51. The highest BCUT2D eigenvalue weighted by Gasteiger charge is 2.11. The topological polar surface area (TPSA) is 44.1 Å². The Morgan fingerprint density at radius 2 is 2.00 bits per heavy atom. The summed E-state index contributed by atoms with van der Waals surface area (Å²) in [6.07, 6.45) is 0. The van der Waals surface area contributed by atoms with Gasteiger partial charge >= 0.3 is 0 Å². The van der Waals surface area contributed by atoms with Crippen molar-refractivity contribution in [3.8, 4) is 11.4 Å². The highest BCUT2D eigenvalue weighted by atomic mass is 35.5. The van der Waals surface area contributed by atoms with Crippen molar-refractivity contribution in [1.82, 2.24) is 9.55 Å². The second-order valence-corrected chi connectivity index (χ2v) is 5.08. The summed E-state index contributed by atoms with van der Waals surface area (Å²) < 4.78 is 6.56. The monoisotopic (exact) mass is 300 g/mol. The van der Waals surface area contributed by atoms with Gasteiger partial charge in [-0.15, -0.1) is 0 Å². The van der Waals surface area contributed by atoms with Crippen molar-refractivity contribution in [1.29, 1.82) is 0 Å². The van der Waals surface area contributed by atoms with Gasteiger partial charge in [-0.25, -0.2) is 4.98 Å². The van der Waals surface area contributed by atoms with E-state index in [1.807, 2.05) is 19.1 Å². The van der Waals surface area contributed by atoms with Crippen LogP contribution in [0.4, 0.5) is 0 Å². The van der Waals surface area contributed by atoms with Crippen molar-refractivity contribution in [2.75, 3.05) is 7.11 Å². The number of aromatic nitrogens is 2. The van der Waals surface area contributed by atoms with Crippen LogP contribution >= 0.6 is 11.6 Å². The van der Waals surface area contributed by atoms with E-state index in [0.29, 0.717) is 22.3 Å². The minimum absolute atomic E-state index is 0.129. The Balaban J connectivity index is 2.34. The summed E-state index contributed by atoms with van der Waals surface area (Å²) in [5.74, 6) is 0.653. The van der Waals surface area contributed by atoms with Crippen LogP contribution in [0.25, 0.3) is 16.6 Å². The predicted octanol–water partition coefficient (Wildman–Crippen LogP) is 3.36. The fourth-order valence-electron chi connectivity index (χ4n) is 2.25. The van der Waals surface area contributed by atoms with Crippen LogP contribution in [0.3, 0.4) is 0 Å². The van der Waals surface area contributed by atoms with E-state index >= 15 is 0 Å². The summed E-state index contributed by atoms with van der Waals surface area (Å²) in [5.41, 5.74) is 2.03. The molecule has 0 spiro atoms. The maximum Gasteiger partial charge on any atom is 0.266 e. The maximum atomic E-state index is 12.7. The molecule has 0 unspecified atom stereocenters. The number of ether oxygens (including phenoxy) is 1. The third-order valence-electron chi connectivity index (χ3n) is 3.29. The molecule has 0 amide bonds. The molecule has 2 aromatic carbocycles. The molecule has 0 saturated carbocycles. The normalized spacial score (nSPS) is 10.8. The van der Waals surface area contributed by atoms with Crippen molar-refractivity contribution in [3.63, 3.8) is 0 Å². The number of fused-ring (bicyclic) bond motifs is 1. The molecule has 3 aromatic rings. The molecule has 1 aromatic heterocycles. The smallest absolute Gasteiger partial charge is 0.266 e. The lowest BCUT2D eigenvalue weighted by Gasteiger charge is -2.10. The van der Waals surface area contributed by atoms with E-state index in [2.05, 4.69) is 4.98 Å². The number of methoxy groups -OCH3 is 1. The van der Waals surface area contributed by atoms with Crippen LogP contribution in [0.5, 0.6) is 5.75 Å². The third kappa shape index (κ3) is 2.38. The standard InChI is InChI=1S/C16H13ClN2O2/c1-10-6-7-14-13(8-10)15(20)19(16(17)18-14)11-4-3-5-12(9-11)21-2/h3-9H,1-2H3. The first-order chi connectivity index (χ1) is 10.1. The van der Waals surface area contributed by atoms with Gasteiger partial charge in [0.15, 0.2) is 0 Å².